The van der Waals surface area contributed by atoms with Gasteiger partial charge >= 0.3 is 0 Å². The molecular formula is C18H21NO6S. The topological polar surface area (TPSA) is 86.0 Å². The molecule has 0 N–H and O–H groups in total. The fraction of sp³-hybridized carbons (Fsp3) is 0.389. The lowest BCUT2D eigenvalue weighted by Gasteiger charge is -2.38. The van der Waals surface area contributed by atoms with Crippen molar-refractivity contribution < 1.29 is 27.1 Å². The van der Waals surface area contributed by atoms with Crippen LogP contribution in [0.5, 0.6) is 5.75 Å². The summed E-state index contributed by atoms with van der Waals surface area (Å²) in [6.07, 6.45) is 1.45. The molecule has 1 aromatic heterocycles. The van der Waals surface area contributed by atoms with Gasteiger partial charge in [0.05, 0.1) is 18.1 Å². The van der Waals surface area contributed by atoms with Crippen molar-refractivity contribution in [3.05, 3.63) is 54.0 Å². The van der Waals surface area contributed by atoms with Crippen molar-refractivity contribution in [1.82, 2.24) is 4.90 Å². The van der Waals surface area contributed by atoms with Crippen LogP contribution >= 0.6 is 0 Å². The number of carbonyl (C=O) groups excluding carboxylic acids is 1. The largest absolute Gasteiger partial charge is 0.491 e. The SMILES string of the molecule is COCCOc1ccc(C(=O)N2CC(S(=O)(=O)Cc3ccco3)C2)cc1. The van der Waals surface area contributed by atoms with Gasteiger partial charge in [-0.3, -0.25) is 4.79 Å². The van der Waals surface area contributed by atoms with Crippen LogP contribution < -0.4 is 4.74 Å². The van der Waals surface area contributed by atoms with Crippen LogP contribution in [0.3, 0.4) is 0 Å². The van der Waals surface area contributed by atoms with E-state index in [0.717, 1.165) is 0 Å². The Morgan fingerprint density at radius 1 is 1.19 bits per heavy atom. The molecule has 7 nitrogen and oxygen atoms in total. The van der Waals surface area contributed by atoms with E-state index in [1.165, 1.54) is 11.2 Å². The standard InChI is InChI=1S/C18H21NO6S/c1-23-9-10-25-15-6-4-14(5-7-15)18(20)19-11-17(12-19)26(21,22)13-16-3-2-8-24-16/h2-8,17H,9-13H2,1H3. The van der Waals surface area contributed by atoms with Gasteiger partial charge in [0.15, 0.2) is 9.84 Å². The van der Waals surface area contributed by atoms with Crippen molar-refractivity contribution in [2.45, 2.75) is 11.0 Å². The first-order valence-electron chi connectivity index (χ1n) is 8.24. The van der Waals surface area contributed by atoms with Crippen LogP contribution in [0.15, 0.2) is 47.1 Å². The molecule has 2 heterocycles. The first kappa shape index (κ1) is 18.5. The van der Waals surface area contributed by atoms with Crippen molar-refractivity contribution in [2.24, 2.45) is 0 Å². The molecule has 0 radical (unpaired) electrons. The highest BCUT2D eigenvalue weighted by molar-refractivity contribution is 7.91. The Balaban J connectivity index is 1.53. The Morgan fingerprint density at radius 3 is 2.54 bits per heavy atom. The molecule has 1 aliphatic rings. The molecule has 0 unspecified atom stereocenters. The summed E-state index contributed by atoms with van der Waals surface area (Å²) >= 11 is 0. The molecule has 1 aromatic carbocycles. The fourth-order valence-corrected chi connectivity index (χ4v) is 4.27. The number of sulfone groups is 1. The highest BCUT2D eigenvalue weighted by atomic mass is 32.2. The van der Waals surface area contributed by atoms with E-state index in [9.17, 15) is 13.2 Å². The molecule has 1 fully saturated rings. The quantitative estimate of drug-likeness (QED) is 0.650. The zero-order valence-electron chi connectivity index (χ0n) is 14.5. The molecule has 2 aromatic rings. The first-order chi connectivity index (χ1) is 12.5. The molecule has 1 saturated heterocycles. The number of amides is 1. The van der Waals surface area contributed by atoms with Gasteiger partial charge in [-0.1, -0.05) is 0 Å². The Morgan fingerprint density at radius 2 is 1.92 bits per heavy atom. The van der Waals surface area contributed by atoms with Crippen LogP contribution in [0.4, 0.5) is 0 Å². The summed E-state index contributed by atoms with van der Waals surface area (Å²) in [7, 11) is -1.74. The van der Waals surface area contributed by atoms with Crippen LogP contribution in [-0.4, -0.2) is 57.9 Å². The van der Waals surface area contributed by atoms with E-state index in [1.54, 1.807) is 43.5 Å². The maximum absolute atomic E-state index is 12.4. The smallest absolute Gasteiger partial charge is 0.253 e. The Hall–Kier alpha value is -2.32. The molecule has 140 valence electrons. The minimum absolute atomic E-state index is 0.139. The lowest BCUT2D eigenvalue weighted by atomic mass is 10.1. The van der Waals surface area contributed by atoms with Gasteiger partial charge < -0.3 is 18.8 Å². The highest BCUT2D eigenvalue weighted by Gasteiger charge is 2.40. The number of likely N-dealkylation sites (tertiary alicyclic amines) is 1. The Kier molecular flexibility index (Phi) is 5.63. The number of carbonyl (C=O) groups is 1. The monoisotopic (exact) mass is 379 g/mol. The minimum Gasteiger partial charge on any atom is -0.491 e. The van der Waals surface area contributed by atoms with Gasteiger partial charge in [-0.2, -0.15) is 0 Å². The maximum atomic E-state index is 12.4. The highest BCUT2D eigenvalue weighted by Crippen LogP contribution is 2.23. The molecule has 26 heavy (non-hydrogen) atoms. The van der Waals surface area contributed by atoms with E-state index in [4.69, 9.17) is 13.9 Å². The number of hydrogen-bond acceptors (Lipinski definition) is 6. The Bertz CT molecular complexity index is 823. The number of rotatable bonds is 8. The third kappa shape index (κ3) is 4.25. The number of methoxy groups -OCH3 is 1. The van der Waals surface area contributed by atoms with Gasteiger partial charge in [0.1, 0.15) is 23.9 Å². The van der Waals surface area contributed by atoms with Gasteiger partial charge in [-0.15, -0.1) is 0 Å². The molecule has 0 spiro atoms. The second-order valence-corrected chi connectivity index (χ2v) is 8.37. The van der Waals surface area contributed by atoms with E-state index in [2.05, 4.69) is 0 Å². The normalized spacial score (nSPS) is 14.9. The average molecular weight is 379 g/mol. The fourth-order valence-electron chi connectivity index (χ4n) is 2.66. The summed E-state index contributed by atoms with van der Waals surface area (Å²) in [4.78, 5) is 14.0. The lowest BCUT2D eigenvalue weighted by Crippen LogP contribution is -2.57. The number of ether oxygens (including phenoxy) is 2. The van der Waals surface area contributed by atoms with Crippen molar-refractivity contribution in [3.63, 3.8) is 0 Å². The summed E-state index contributed by atoms with van der Waals surface area (Å²) in [6.45, 7) is 1.33. The van der Waals surface area contributed by atoms with Crippen LogP contribution in [0.2, 0.25) is 0 Å². The molecule has 0 atom stereocenters. The molecule has 1 amide bonds. The van der Waals surface area contributed by atoms with Crippen molar-refractivity contribution in [2.75, 3.05) is 33.4 Å². The van der Waals surface area contributed by atoms with E-state index >= 15 is 0 Å². The van der Waals surface area contributed by atoms with E-state index in [0.29, 0.717) is 30.3 Å². The van der Waals surface area contributed by atoms with Crippen LogP contribution in [0.25, 0.3) is 0 Å². The van der Waals surface area contributed by atoms with Crippen molar-refractivity contribution in [1.29, 1.82) is 0 Å². The number of furan rings is 1. The molecule has 3 rings (SSSR count). The summed E-state index contributed by atoms with van der Waals surface area (Å²) in [5.74, 6) is 0.748. The molecule has 0 saturated carbocycles. The first-order valence-corrected chi connectivity index (χ1v) is 9.96. The third-order valence-electron chi connectivity index (χ3n) is 4.22. The number of benzene rings is 1. The zero-order chi connectivity index (χ0) is 18.6. The van der Waals surface area contributed by atoms with Gasteiger partial charge in [-0.05, 0) is 36.4 Å². The summed E-state index contributed by atoms with van der Waals surface area (Å²) < 4.78 is 40.1. The van der Waals surface area contributed by atoms with Crippen molar-refractivity contribution >= 4 is 15.7 Å². The third-order valence-corrected chi connectivity index (χ3v) is 6.22. The van der Waals surface area contributed by atoms with Gasteiger partial charge in [0.2, 0.25) is 0 Å². The van der Waals surface area contributed by atoms with Crippen molar-refractivity contribution in [3.8, 4) is 5.75 Å². The second kappa shape index (κ2) is 7.92. The molecule has 0 bridgehead atoms. The maximum Gasteiger partial charge on any atom is 0.253 e. The van der Waals surface area contributed by atoms with Gasteiger partial charge in [0.25, 0.3) is 5.91 Å². The predicted octanol–water partition coefficient (Wildman–Crippen LogP) is 1.74. The molecule has 1 aliphatic heterocycles. The van der Waals surface area contributed by atoms with Crippen LogP contribution in [0, 0.1) is 0 Å². The predicted molar refractivity (Wildman–Crippen MR) is 94.8 cm³/mol. The van der Waals surface area contributed by atoms with Gasteiger partial charge in [-0.25, -0.2) is 8.42 Å². The number of hydrogen-bond donors (Lipinski definition) is 0. The average Bonchev–Trinajstić information content (AvgIpc) is 3.06. The molecular weight excluding hydrogens is 358 g/mol. The second-order valence-electron chi connectivity index (χ2n) is 6.08. The summed E-state index contributed by atoms with van der Waals surface area (Å²) in [5, 5.41) is -0.548. The van der Waals surface area contributed by atoms with Crippen LogP contribution in [0.1, 0.15) is 16.1 Å². The van der Waals surface area contributed by atoms with Gasteiger partial charge in [0, 0.05) is 25.8 Å². The molecule has 8 heteroatoms. The minimum atomic E-state index is -3.33. The van der Waals surface area contributed by atoms with Crippen LogP contribution in [-0.2, 0) is 20.3 Å². The van der Waals surface area contributed by atoms with E-state index in [-0.39, 0.29) is 24.7 Å². The summed E-state index contributed by atoms with van der Waals surface area (Å²) in [5.41, 5.74) is 0.506. The number of nitrogens with zero attached hydrogens (tertiary/aromatic N) is 1. The lowest BCUT2D eigenvalue weighted by molar-refractivity contribution is 0.0658. The Labute approximate surface area is 152 Å². The molecule has 0 aliphatic carbocycles. The van der Waals surface area contributed by atoms with E-state index < -0.39 is 15.1 Å². The zero-order valence-corrected chi connectivity index (χ0v) is 15.3. The summed E-state index contributed by atoms with van der Waals surface area (Å²) in [6, 6.07) is 10.1. The van der Waals surface area contributed by atoms with E-state index in [1.807, 2.05) is 0 Å².